The van der Waals surface area contributed by atoms with Gasteiger partial charge in [0.05, 0.1) is 5.69 Å². The van der Waals surface area contributed by atoms with Gasteiger partial charge in [-0.05, 0) is 37.8 Å². The Morgan fingerprint density at radius 3 is 2.95 bits per heavy atom. The number of halogens is 2. The van der Waals surface area contributed by atoms with Crippen LogP contribution >= 0.6 is 24.0 Å². The van der Waals surface area contributed by atoms with Crippen LogP contribution in [0.3, 0.4) is 0 Å². The maximum Gasteiger partial charge on any atom is 0.229 e. The van der Waals surface area contributed by atoms with Crippen LogP contribution in [0.4, 0.5) is 0 Å². The third-order valence-corrected chi connectivity index (χ3v) is 3.79. The van der Waals surface area contributed by atoms with Gasteiger partial charge in [0.15, 0.2) is 0 Å². The molecule has 19 heavy (non-hydrogen) atoms. The Kier molecular flexibility index (Phi) is 6.10. The summed E-state index contributed by atoms with van der Waals surface area (Å²) in [6, 6.07) is 0.205. The van der Waals surface area contributed by atoms with Crippen LogP contribution in [-0.4, -0.2) is 35.1 Å². The van der Waals surface area contributed by atoms with Crippen LogP contribution < -0.4 is 5.73 Å². The van der Waals surface area contributed by atoms with E-state index in [2.05, 4.69) is 5.16 Å². The van der Waals surface area contributed by atoms with Gasteiger partial charge in [0.2, 0.25) is 11.1 Å². The molecule has 2 heterocycles. The quantitative estimate of drug-likeness (QED) is 0.922. The van der Waals surface area contributed by atoms with Gasteiger partial charge < -0.3 is 15.2 Å². The lowest BCUT2D eigenvalue weighted by Gasteiger charge is -2.23. The Labute approximate surface area is 123 Å². The van der Waals surface area contributed by atoms with E-state index in [1.54, 1.807) is 0 Å². The van der Waals surface area contributed by atoms with Crippen LogP contribution in [-0.2, 0) is 11.2 Å². The number of nitrogens with zero attached hydrogens (tertiary/aromatic N) is 2. The predicted molar refractivity (Wildman–Crippen MR) is 75.6 cm³/mol. The molecule has 0 saturated carbocycles. The van der Waals surface area contributed by atoms with Gasteiger partial charge in [-0.25, -0.2) is 0 Å². The van der Waals surface area contributed by atoms with E-state index in [1.165, 1.54) is 0 Å². The van der Waals surface area contributed by atoms with Gasteiger partial charge in [0, 0.05) is 31.1 Å². The molecule has 2 N–H and O–H groups in total. The third kappa shape index (κ3) is 3.61. The highest BCUT2D eigenvalue weighted by Crippen LogP contribution is 2.22. The topological polar surface area (TPSA) is 72.4 Å². The van der Waals surface area contributed by atoms with E-state index in [4.69, 9.17) is 21.9 Å². The molecule has 1 aliphatic heterocycles. The molecule has 0 aliphatic carbocycles. The molecule has 0 radical (unpaired) electrons. The maximum atomic E-state index is 12.1. The highest BCUT2D eigenvalue weighted by Gasteiger charge is 2.27. The zero-order valence-electron chi connectivity index (χ0n) is 10.9. The standard InChI is InChI=1S/C12H18ClN3O2.ClH/c1-8-10(12(13)18-15-8)4-5-11(17)16-6-2-3-9(16)7-14;/h9H,2-7,14H2,1H3;1H. The van der Waals surface area contributed by atoms with Crippen LogP contribution in [0, 0.1) is 6.92 Å². The fraction of sp³-hybridized carbons (Fsp3) is 0.667. The first kappa shape index (κ1) is 16.3. The van der Waals surface area contributed by atoms with Gasteiger partial charge in [-0.15, -0.1) is 12.4 Å². The molecular formula is C12H19Cl2N3O2. The fourth-order valence-electron chi connectivity index (χ4n) is 2.42. The summed E-state index contributed by atoms with van der Waals surface area (Å²) in [4.78, 5) is 14.0. The highest BCUT2D eigenvalue weighted by atomic mass is 35.5. The van der Waals surface area contributed by atoms with Crippen LogP contribution in [0.2, 0.25) is 5.22 Å². The molecule has 1 unspecified atom stereocenters. The SMILES string of the molecule is Cc1noc(Cl)c1CCC(=O)N1CCCC1CN.Cl. The van der Waals surface area contributed by atoms with E-state index in [9.17, 15) is 4.79 Å². The minimum Gasteiger partial charge on any atom is -0.344 e. The molecule has 0 bridgehead atoms. The number of likely N-dealkylation sites (tertiary alicyclic amines) is 1. The van der Waals surface area contributed by atoms with Crippen molar-refractivity contribution in [3.05, 3.63) is 16.5 Å². The van der Waals surface area contributed by atoms with Crippen molar-refractivity contribution in [2.24, 2.45) is 5.73 Å². The molecule has 1 atom stereocenters. The number of hydrogen-bond donors (Lipinski definition) is 1. The van der Waals surface area contributed by atoms with E-state index < -0.39 is 0 Å². The van der Waals surface area contributed by atoms with Crippen molar-refractivity contribution in [3.63, 3.8) is 0 Å². The molecule has 108 valence electrons. The normalized spacial score (nSPS) is 18.5. The number of nitrogens with two attached hydrogens (primary N) is 1. The average Bonchev–Trinajstić information content (AvgIpc) is 2.94. The van der Waals surface area contributed by atoms with Crippen molar-refractivity contribution >= 4 is 29.9 Å². The Morgan fingerprint density at radius 1 is 1.63 bits per heavy atom. The summed E-state index contributed by atoms with van der Waals surface area (Å²) in [7, 11) is 0. The lowest BCUT2D eigenvalue weighted by molar-refractivity contribution is -0.131. The number of aryl methyl sites for hydroxylation is 1. The largest absolute Gasteiger partial charge is 0.344 e. The first-order valence-corrected chi connectivity index (χ1v) is 6.61. The molecule has 1 aliphatic rings. The van der Waals surface area contributed by atoms with E-state index in [-0.39, 0.29) is 29.6 Å². The molecule has 5 nitrogen and oxygen atoms in total. The smallest absolute Gasteiger partial charge is 0.229 e. The van der Waals surface area contributed by atoms with Crippen LogP contribution in [0.5, 0.6) is 0 Å². The molecule has 7 heteroatoms. The van der Waals surface area contributed by atoms with Crippen LogP contribution in [0.1, 0.15) is 30.5 Å². The third-order valence-electron chi connectivity index (χ3n) is 3.50. The predicted octanol–water partition coefficient (Wildman–Crippen LogP) is 1.94. The molecule has 0 spiro atoms. The number of rotatable bonds is 4. The Balaban J connectivity index is 0.00000180. The lowest BCUT2D eigenvalue weighted by Crippen LogP contribution is -2.40. The molecule has 0 aromatic carbocycles. The number of hydrogen-bond acceptors (Lipinski definition) is 4. The number of carbonyl (C=O) groups excluding carboxylic acids is 1. The second kappa shape index (κ2) is 7.12. The Morgan fingerprint density at radius 2 is 2.37 bits per heavy atom. The molecule has 1 amide bonds. The molecule has 1 aromatic heterocycles. The molecular weight excluding hydrogens is 289 g/mol. The van der Waals surface area contributed by atoms with Gasteiger partial charge in [-0.3, -0.25) is 4.79 Å². The van der Waals surface area contributed by atoms with Gasteiger partial charge in [0.1, 0.15) is 0 Å². The monoisotopic (exact) mass is 307 g/mol. The van der Waals surface area contributed by atoms with E-state index in [0.29, 0.717) is 19.4 Å². The van der Waals surface area contributed by atoms with Crippen molar-refractivity contribution in [1.29, 1.82) is 0 Å². The van der Waals surface area contributed by atoms with Crippen LogP contribution in [0.25, 0.3) is 0 Å². The van der Waals surface area contributed by atoms with Crippen molar-refractivity contribution < 1.29 is 9.32 Å². The van der Waals surface area contributed by atoms with Crippen molar-refractivity contribution in [1.82, 2.24) is 10.1 Å². The second-order valence-corrected chi connectivity index (χ2v) is 4.98. The summed E-state index contributed by atoms with van der Waals surface area (Å²) < 4.78 is 4.87. The van der Waals surface area contributed by atoms with E-state index >= 15 is 0 Å². The summed E-state index contributed by atoms with van der Waals surface area (Å²) in [6.45, 7) is 3.18. The van der Waals surface area contributed by atoms with Gasteiger partial charge >= 0.3 is 0 Å². The fourth-order valence-corrected chi connectivity index (χ4v) is 2.69. The summed E-state index contributed by atoms with van der Waals surface area (Å²) in [6.07, 6.45) is 3.05. The molecule has 1 aromatic rings. The second-order valence-electron chi connectivity index (χ2n) is 4.64. The average molecular weight is 308 g/mol. The van der Waals surface area contributed by atoms with Crippen molar-refractivity contribution in [2.45, 2.75) is 38.6 Å². The maximum absolute atomic E-state index is 12.1. The Bertz CT molecular complexity index is 417. The van der Waals surface area contributed by atoms with E-state index in [0.717, 1.165) is 30.6 Å². The first-order valence-electron chi connectivity index (χ1n) is 6.23. The molecule has 2 rings (SSSR count). The lowest BCUT2D eigenvalue weighted by atomic mass is 10.1. The zero-order chi connectivity index (χ0) is 13.1. The summed E-state index contributed by atoms with van der Waals surface area (Å²) >= 11 is 5.87. The van der Waals surface area contributed by atoms with Crippen molar-refractivity contribution in [3.8, 4) is 0 Å². The summed E-state index contributed by atoms with van der Waals surface area (Å²) in [5, 5.41) is 4.06. The minimum absolute atomic E-state index is 0. The molecule has 1 saturated heterocycles. The first-order chi connectivity index (χ1) is 8.63. The van der Waals surface area contributed by atoms with E-state index in [1.807, 2.05) is 11.8 Å². The van der Waals surface area contributed by atoms with Gasteiger partial charge in [-0.1, -0.05) is 5.16 Å². The number of amides is 1. The van der Waals surface area contributed by atoms with Crippen molar-refractivity contribution in [2.75, 3.05) is 13.1 Å². The minimum atomic E-state index is 0. The zero-order valence-corrected chi connectivity index (χ0v) is 12.5. The number of aromatic nitrogens is 1. The Hall–Kier alpha value is -0.780. The van der Waals surface area contributed by atoms with Gasteiger partial charge in [0.25, 0.3) is 0 Å². The summed E-state index contributed by atoms with van der Waals surface area (Å²) in [5.74, 6) is 0.139. The summed E-state index contributed by atoms with van der Waals surface area (Å²) in [5.41, 5.74) is 7.24. The van der Waals surface area contributed by atoms with Gasteiger partial charge in [-0.2, -0.15) is 0 Å². The molecule has 1 fully saturated rings. The highest BCUT2D eigenvalue weighted by molar-refractivity contribution is 6.29. The van der Waals surface area contributed by atoms with Crippen LogP contribution in [0.15, 0.2) is 4.52 Å². The number of carbonyl (C=O) groups is 1.